The second kappa shape index (κ2) is 7.27. The highest BCUT2D eigenvalue weighted by atomic mass is 32.2. The quantitative estimate of drug-likeness (QED) is 0.579. The molecule has 0 aliphatic carbocycles. The Balaban J connectivity index is 1.99. The van der Waals surface area contributed by atoms with Crippen LogP contribution in [0.15, 0.2) is 54.4 Å². The topological polar surface area (TPSA) is 84.5 Å². The molecule has 1 amide bonds. The molecule has 0 aliphatic heterocycles. The maximum atomic E-state index is 12.6. The molecule has 3 rings (SSSR count). The largest absolute Gasteiger partial charge is 0.301 e. The van der Waals surface area contributed by atoms with Gasteiger partial charge >= 0.3 is 0 Å². The highest BCUT2D eigenvalue weighted by Crippen LogP contribution is 2.17. The van der Waals surface area contributed by atoms with Crippen LogP contribution in [0.4, 0.5) is 0 Å². The van der Waals surface area contributed by atoms with Crippen LogP contribution < -0.4 is 5.32 Å². The fourth-order valence-corrected chi connectivity index (χ4v) is 2.56. The van der Waals surface area contributed by atoms with E-state index in [1.54, 1.807) is 29.0 Å². The number of aromatic nitrogens is 4. The van der Waals surface area contributed by atoms with Crippen molar-refractivity contribution >= 4 is 28.5 Å². The Morgan fingerprint density at radius 2 is 2.24 bits per heavy atom. The first-order chi connectivity index (χ1) is 12.1. The molecule has 126 valence electrons. The third-order valence-corrected chi connectivity index (χ3v) is 3.99. The smallest absolute Gasteiger partial charge is 0.261 e. The molecule has 3 aromatic rings. The van der Waals surface area contributed by atoms with Gasteiger partial charge in [0.1, 0.15) is 0 Å². The van der Waals surface area contributed by atoms with Crippen LogP contribution in [0.3, 0.4) is 0 Å². The van der Waals surface area contributed by atoms with Gasteiger partial charge in [-0.1, -0.05) is 18.3 Å². The SMILES string of the molecule is C=CN=C(NC(=O)c1cccn2nc(-c3ccc(C)nc3)nc12)SC. The van der Waals surface area contributed by atoms with Crippen LogP contribution in [0.2, 0.25) is 0 Å². The predicted molar refractivity (Wildman–Crippen MR) is 99.6 cm³/mol. The van der Waals surface area contributed by atoms with Crippen LogP contribution >= 0.6 is 11.8 Å². The number of nitrogens with zero attached hydrogens (tertiary/aromatic N) is 5. The number of pyridine rings is 2. The van der Waals surface area contributed by atoms with Crippen LogP contribution in [0.5, 0.6) is 0 Å². The van der Waals surface area contributed by atoms with Crippen molar-refractivity contribution in [2.24, 2.45) is 4.99 Å². The highest BCUT2D eigenvalue weighted by molar-refractivity contribution is 8.13. The fourth-order valence-electron chi connectivity index (χ4n) is 2.19. The zero-order valence-corrected chi connectivity index (χ0v) is 14.6. The number of fused-ring (bicyclic) bond motifs is 1. The molecule has 3 aromatic heterocycles. The van der Waals surface area contributed by atoms with Crippen molar-refractivity contribution in [3.05, 3.63) is 60.7 Å². The van der Waals surface area contributed by atoms with Gasteiger partial charge in [0.05, 0.1) is 5.56 Å². The van der Waals surface area contributed by atoms with E-state index in [2.05, 4.69) is 32.0 Å². The van der Waals surface area contributed by atoms with Crippen molar-refractivity contribution in [1.29, 1.82) is 0 Å². The van der Waals surface area contributed by atoms with E-state index in [0.29, 0.717) is 22.2 Å². The lowest BCUT2D eigenvalue weighted by Gasteiger charge is -2.05. The highest BCUT2D eigenvalue weighted by Gasteiger charge is 2.16. The fraction of sp³-hybridized carbons (Fsp3) is 0.118. The minimum atomic E-state index is -0.304. The molecule has 3 heterocycles. The van der Waals surface area contributed by atoms with Crippen molar-refractivity contribution in [1.82, 2.24) is 24.9 Å². The lowest BCUT2D eigenvalue weighted by atomic mass is 10.2. The Bertz CT molecular complexity index is 961. The van der Waals surface area contributed by atoms with Crippen molar-refractivity contribution in [3.8, 4) is 11.4 Å². The number of amides is 1. The van der Waals surface area contributed by atoms with E-state index in [-0.39, 0.29) is 5.91 Å². The third kappa shape index (κ3) is 3.58. The number of hydrogen-bond donors (Lipinski definition) is 1. The summed E-state index contributed by atoms with van der Waals surface area (Å²) < 4.78 is 1.58. The molecule has 0 atom stereocenters. The Kier molecular flexibility index (Phi) is 4.90. The van der Waals surface area contributed by atoms with Crippen LogP contribution in [-0.4, -0.2) is 36.9 Å². The Hall–Kier alpha value is -3.00. The summed E-state index contributed by atoms with van der Waals surface area (Å²) in [6, 6.07) is 7.24. The molecule has 0 fully saturated rings. The van der Waals surface area contributed by atoms with Gasteiger partial charge in [0, 0.05) is 29.9 Å². The summed E-state index contributed by atoms with van der Waals surface area (Å²) >= 11 is 1.32. The number of thioether (sulfide) groups is 1. The zero-order valence-electron chi connectivity index (χ0n) is 13.8. The minimum absolute atomic E-state index is 0.304. The van der Waals surface area contributed by atoms with Gasteiger partial charge in [-0.2, -0.15) is 0 Å². The number of hydrogen-bond acceptors (Lipinski definition) is 6. The number of aryl methyl sites for hydroxylation is 1. The summed E-state index contributed by atoms with van der Waals surface area (Å²) in [5, 5.41) is 7.63. The van der Waals surface area contributed by atoms with Gasteiger partial charge < -0.3 is 5.32 Å². The van der Waals surface area contributed by atoms with E-state index < -0.39 is 0 Å². The first-order valence-electron chi connectivity index (χ1n) is 7.45. The molecule has 0 saturated heterocycles. The van der Waals surface area contributed by atoms with Gasteiger partial charge in [-0.05, 0) is 37.4 Å². The Labute approximate surface area is 148 Å². The molecule has 0 unspecified atom stereocenters. The van der Waals surface area contributed by atoms with Gasteiger partial charge in [-0.25, -0.2) is 14.5 Å². The summed E-state index contributed by atoms with van der Waals surface area (Å²) in [7, 11) is 0. The summed E-state index contributed by atoms with van der Waals surface area (Å²) in [5.41, 5.74) is 2.58. The zero-order chi connectivity index (χ0) is 17.8. The summed E-state index contributed by atoms with van der Waals surface area (Å²) in [6.07, 6.45) is 6.67. The Morgan fingerprint density at radius 3 is 2.92 bits per heavy atom. The second-order valence-electron chi connectivity index (χ2n) is 5.09. The van der Waals surface area contributed by atoms with E-state index in [4.69, 9.17) is 0 Å². The summed E-state index contributed by atoms with van der Waals surface area (Å²) in [6.45, 7) is 5.45. The normalized spacial score (nSPS) is 11.5. The lowest BCUT2D eigenvalue weighted by Crippen LogP contribution is -2.28. The molecule has 0 bridgehead atoms. The molecule has 8 heteroatoms. The van der Waals surface area contributed by atoms with E-state index in [1.807, 2.05) is 25.3 Å². The van der Waals surface area contributed by atoms with E-state index in [1.165, 1.54) is 18.0 Å². The summed E-state index contributed by atoms with van der Waals surface area (Å²) in [4.78, 5) is 25.3. The second-order valence-corrected chi connectivity index (χ2v) is 5.88. The molecule has 0 saturated carbocycles. The molecule has 0 spiro atoms. The molecular weight excluding hydrogens is 336 g/mol. The van der Waals surface area contributed by atoms with Gasteiger partial charge in [0.2, 0.25) is 0 Å². The average Bonchev–Trinajstić information content (AvgIpc) is 3.05. The predicted octanol–water partition coefficient (Wildman–Crippen LogP) is 2.69. The van der Waals surface area contributed by atoms with E-state index >= 15 is 0 Å². The molecular formula is C17H16N6OS. The molecule has 7 nitrogen and oxygen atoms in total. The summed E-state index contributed by atoms with van der Waals surface area (Å²) in [5.74, 6) is 0.208. The first kappa shape index (κ1) is 16.8. The van der Waals surface area contributed by atoms with Crippen LogP contribution in [0, 0.1) is 6.92 Å². The standard InChI is InChI=1S/C17H16N6OS/c1-4-18-17(25-3)21-16(24)13-6-5-9-23-15(13)20-14(22-23)12-8-7-11(2)19-10-12/h4-10H,1H2,2-3H3,(H,18,21,24). The number of carbonyl (C=O) groups excluding carboxylic acids is 1. The monoisotopic (exact) mass is 352 g/mol. The minimum Gasteiger partial charge on any atom is -0.301 e. The maximum Gasteiger partial charge on any atom is 0.261 e. The van der Waals surface area contributed by atoms with E-state index in [0.717, 1.165) is 11.3 Å². The lowest BCUT2D eigenvalue weighted by molar-refractivity contribution is 0.0979. The van der Waals surface area contributed by atoms with Crippen molar-refractivity contribution in [3.63, 3.8) is 0 Å². The number of amidine groups is 1. The van der Waals surface area contributed by atoms with Crippen LogP contribution in [0.25, 0.3) is 17.0 Å². The van der Waals surface area contributed by atoms with Gasteiger partial charge in [0.25, 0.3) is 5.91 Å². The average molecular weight is 352 g/mol. The molecule has 0 radical (unpaired) electrons. The molecule has 0 aromatic carbocycles. The number of carbonyl (C=O) groups is 1. The Morgan fingerprint density at radius 1 is 1.40 bits per heavy atom. The molecule has 25 heavy (non-hydrogen) atoms. The van der Waals surface area contributed by atoms with E-state index in [9.17, 15) is 4.79 Å². The van der Waals surface area contributed by atoms with Gasteiger partial charge in [-0.15, -0.1) is 5.10 Å². The number of aliphatic imine (C=N–C) groups is 1. The van der Waals surface area contributed by atoms with Crippen molar-refractivity contribution < 1.29 is 4.79 Å². The maximum absolute atomic E-state index is 12.6. The van der Waals surface area contributed by atoms with Crippen LogP contribution in [-0.2, 0) is 0 Å². The van der Waals surface area contributed by atoms with Crippen molar-refractivity contribution in [2.45, 2.75) is 6.92 Å². The molecule has 1 N–H and O–H groups in total. The van der Waals surface area contributed by atoms with Gasteiger partial charge in [0.15, 0.2) is 16.6 Å². The van der Waals surface area contributed by atoms with Gasteiger partial charge in [-0.3, -0.25) is 9.78 Å². The number of rotatable bonds is 3. The first-order valence-corrected chi connectivity index (χ1v) is 8.67. The number of nitrogens with one attached hydrogen (secondary N) is 1. The van der Waals surface area contributed by atoms with Crippen molar-refractivity contribution in [2.75, 3.05) is 6.26 Å². The third-order valence-electron chi connectivity index (χ3n) is 3.40. The molecule has 0 aliphatic rings. The van der Waals surface area contributed by atoms with Crippen LogP contribution in [0.1, 0.15) is 16.1 Å².